The van der Waals surface area contributed by atoms with E-state index in [1.807, 2.05) is 59.2 Å². The molecule has 0 unspecified atom stereocenters. The zero-order valence-electron chi connectivity index (χ0n) is 13.5. The topological polar surface area (TPSA) is 38.1 Å². The van der Waals surface area contributed by atoms with E-state index in [1.165, 1.54) is 0 Å². The molecule has 0 N–H and O–H groups in total. The summed E-state index contributed by atoms with van der Waals surface area (Å²) in [5, 5.41) is 4.37. The molecule has 4 heteroatoms. The molecular formula is C18H25N3O. The first kappa shape index (κ1) is 16.3. The first-order valence-electron chi connectivity index (χ1n) is 8.11. The van der Waals surface area contributed by atoms with Crippen LogP contribution in [0.4, 0.5) is 0 Å². The second-order valence-corrected chi connectivity index (χ2v) is 5.46. The van der Waals surface area contributed by atoms with Crippen molar-refractivity contribution in [3.05, 3.63) is 48.3 Å². The molecule has 0 fully saturated rings. The number of rotatable bonds is 8. The van der Waals surface area contributed by atoms with Gasteiger partial charge in [-0.05, 0) is 37.5 Å². The quantitative estimate of drug-likeness (QED) is 0.748. The Kier molecular flexibility index (Phi) is 6.19. The van der Waals surface area contributed by atoms with Gasteiger partial charge in [-0.2, -0.15) is 5.10 Å². The number of hydrogen-bond donors (Lipinski definition) is 0. The number of carbonyl (C=O) groups is 1. The minimum atomic E-state index is 0.239. The van der Waals surface area contributed by atoms with Crippen molar-refractivity contribution in [3.63, 3.8) is 0 Å². The molecule has 0 saturated carbocycles. The van der Waals surface area contributed by atoms with E-state index in [1.54, 1.807) is 0 Å². The summed E-state index contributed by atoms with van der Waals surface area (Å²) in [5.41, 5.74) is 2.14. The van der Waals surface area contributed by atoms with Gasteiger partial charge in [0.25, 0.3) is 0 Å². The lowest BCUT2D eigenvalue weighted by Crippen LogP contribution is -2.31. The van der Waals surface area contributed by atoms with Gasteiger partial charge in [-0.15, -0.1) is 0 Å². The summed E-state index contributed by atoms with van der Waals surface area (Å²) in [5.74, 6) is 0.239. The maximum Gasteiger partial charge on any atom is 0.222 e. The fraction of sp³-hybridized carbons (Fsp3) is 0.444. The number of unbranched alkanes of at least 4 members (excludes halogenated alkanes) is 1. The van der Waals surface area contributed by atoms with E-state index in [4.69, 9.17) is 0 Å². The predicted molar refractivity (Wildman–Crippen MR) is 89.0 cm³/mol. The van der Waals surface area contributed by atoms with Gasteiger partial charge in [-0.25, -0.2) is 4.68 Å². The van der Waals surface area contributed by atoms with Crippen LogP contribution in [0.15, 0.2) is 42.7 Å². The lowest BCUT2D eigenvalue weighted by molar-refractivity contribution is -0.131. The molecule has 1 aromatic heterocycles. The predicted octanol–water partition coefficient (Wildman–Crippen LogP) is 3.45. The average molecular weight is 299 g/mol. The summed E-state index contributed by atoms with van der Waals surface area (Å²) in [6.45, 7) is 5.86. The highest BCUT2D eigenvalue weighted by Crippen LogP contribution is 2.10. The number of carbonyl (C=O) groups excluding carboxylic acids is 1. The highest BCUT2D eigenvalue weighted by atomic mass is 16.2. The smallest absolute Gasteiger partial charge is 0.222 e. The number of benzene rings is 1. The molecule has 2 rings (SSSR count). The van der Waals surface area contributed by atoms with Crippen LogP contribution >= 0.6 is 0 Å². The molecule has 0 radical (unpaired) electrons. The van der Waals surface area contributed by atoms with Crippen LogP contribution in [0.2, 0.25) is 0 Å². The normalized spacial score (nSPS) is 10.6. The summed E-state index contributed by atoms with van der Waals surface area (Å²) in [7, 11) is 0. The van der Waals surface area contributed by atoms with Crippen molar-refractivity contribution in [1.82, 2.24) is 14.7 Å². The summed E-state index contributed by atoms with van der Waals surface area (Å²) in [6.07, 6.45) is 7.35. The lowest BCUT2D eigenvalue weighted by Gasteiger charge is -2.20. The van der Waals surface area contributed by atoms with Crippen molar-refractivity contribution < 1.29 is 4.79 Å². The maximum atomic E-state index is 12.2. The first-order valence-corrected chi connectivity index (χ1v) is 8.11. The summed E-state index contributed by atoms with van der Waals surface area (Å²) in [6, 6.07) is 10.0. The summed E-state index contributed by atoms with van der Waals surface area (Å²) < 4.78 is 1.86. The third-order valence-corrected chi connectivity index (χ3v) is 3.80. The van der Waals surface area contributed by atoms with Crippen molar-refractivity contribution in [3.8, 4) is 5.69 Å². The van der Waals surface area contributed by atoms with Crippen molar-refractivity contribution in [1.29, 1.82) is 0 Å². The van der Waals surface area contributed by atoms with Crippen molar-refractivity contribution >= 4 is 5.91 Å². The second-order valence-electron chi connectivity index (χ2n) is 5.46. The average Bonchev–Trinajstić information content (AvgIpc) is 3.03. The zero-order chi connectivity index (χ0) is 15.8. The molecule has 0 bridgehead atoms. The third kappa shape index (κ3) is 4.45. The summed E-state index contributed by atoms with van der Waals surface area (Å²) in [4.78, 5) is 14.2. The Bertz CT molecular complexity index is 577. The fourth-order valence-electron chi connectivity index (χ4n) is 2.43. The number of aromatic nitrogens is 2. The number of hydrogen-bond acceptors (Lipinski definition) is 2. The van der Waals surface area contributed by atoms with Crippen LogP contribution in [-0.4, -0.2) is 33.7 Å². The highest BCUT2D eigenvalue weighted by Gasteiger charge is 2.11. The Morgan fingerprint density at radius 3 is 2.68 bits per heavy atom. The second kappa shape index (κ2) is 8.37. The molecule has 1 aromatic carbocycles. The molecule has 0 aliphatic heterocycles. The minimum Gasteiger partial charge on any atom is -0.343 e. The molecule has 0 aliphatic rings. The summed E-state index contributed by atoms with van der Waals surface area (Å²) >= 11 is 0. The monoisotopic (exact) mass is 299 g/mol. The largest absolute Gasteiger partial charge is 0.343 e. The van der Waals surface area contributed by atoms with Crippen LogP contribution in [0.5, 0.6) is 0 Å². The number of aryl methyl sites for hydroxylation is 1. The molecule has 4 nitrogen and oxygen atoms in total. The molecule has 0 spiro atoms. The van der Waals surface area contributed by atoms with Crippen molar-refractivity contribution in [2.45, 2.75) is 39.5 Å². The number of amides is 1. The molecule has 0 saturated heterocycles. The zero-order valence-corrected chi connectivity index (χ0v) is 13.5. The van der Waals surface area contributed by atoms with Gasteiger partial charge in [0.1, 0.15) is 0 Å². The van der Waals surface area contributed by atoms with Gasteiger partial charge in [0.2, 0.25) is 5.91 Å². The molecule has 2 aromatic rings. The Morgan fingerprint density at radius 2 is 2.00 bits per heavy atom. The standard InChI is InChI=1S/C18H25N3O/c1-3-5-13-20(4-2)18(22)12-11-16-14-19-21(15-16)17-9-7-6-8-10-17/h6-10,14-15H,3-5,11-13H2,1-2H3. The van der Waals surface area contributed by atoms with Gasteiger partial charge >= 0.3 is 0 Å². The molecule has 0 atom stereocenters. The van der Waals surface area contributed by atoms with Crippen LogP contribution in [-0.2, 0) is 11.2 Å². The Hall–Kier alpha value is -2.10. The van der Waals surface area contributed by atoms with Gasteiger partial charge in [-0.1, -0.05) is 31.5 Å². The van der Waals surface area contributed by atoms with Gasteiger partial charge in [0.15, 0.2) is 0 Å². The van der Waals surface area contributed by atoms with E-state index in [0.717, 1.165) is 43.6 Å². The highest BCUT2D eigenvalue weighted by molar-refractivity contribution is 5.76. The van der Waals surface area contributed by atoms with Gasteiger partial charge in [-0.3, -0.25) is 4.79 Å². The van der Waals surface area contributed by atoms with Crippen LogP contribution < -0.4 is 0 Å². The van der Waals surface area contributed by atoms with Crippen LogP contribution in [0.25, 0.3) is 5.69 Å². The van der Waals surface area contributed by atoms with Crippen molar-refractivity contribution in [2.24, 2.45) is 0 Å². The molecule has 1 heterocycles. The third-order valence-electron chi connectivity index (χ3n) is 3.80. The fourth-order valence-corrected chi connectivity index (χ4v) is 2.43. The van der Waals surface area contributed by atoms with E-state index in [-0.39, 0.29) is 5.91 Å². The van der Waals surface area contributed by atoms with E-state index < -0.39 is 0 Å². The van der Waals surface area contributed by atoms with Crippen LogP contribution in [0, 0.1) is 0 Å². The van der Waals surface area contributed by atoms with E-state index in [9.17, 15) is 4.79 Å². The molecule has 0 aliphatic carbocycles. The SMILES string of the molecule is CCCCN(CC)C(=O)CCc1cnn(-c2ccccc2)c1. The lowest BCUT2D eigenvalue weighted by atomic mass is 10.2. The number of nitrogens with zero attached hydrogens (tertiary/aromatic N) is 3. The Balaban J connectivity index is 1.89. The van der Waals surface area contributed by atoms with Crippen LogP contribution in [0.1, 0.15) is 38.7 Å². The van der Waals surface area contributed by atoms with E-state index >= 15 is 0 Å². The first-order chi connectivity index (χ1) is 10.7. The molecular weight excluding hydrogens is 274 g/mol. The van der Waals surface area contributed by atoms with Gasteiger partial charge in [0.05, 0.1) is 11.9 Å². The molecule has 1 amide bonds. The number of para-hydroxylation sites is 1. The maximum absolute atomic E-state index is 12.2. The molecule has 22 heavy (non-hydrogen) atoms. The minimum absolute atomic E-state index is 0.239. The van der Waals surface area contributed by atoms with E-state index in [0.29, 0.717) is 6.42 Å². The van der Waals surface area contributed by atoms with Gasteiger partial charge in [0, 0.05) is 25.7 Å². The van der Waals surface area contributed by atoms with Gasteiger partial charge < -0.3 is 4.90 Å². The molecule has 118 valence electrons. The van der Waals surface area contributed by atoms with Crippen LogP contribution in [0.3, 0.4) is 0 Å². The Morgan fingerprint density at radius 1 is 1.23 bits per heavy atom. The van der Waals surface area contributed by atoms with E-state index in [2.05, 4.69) is 12.0 Å². The Labute approximate surface area is 132 Å². The van der Waals surface area contributed by atoms with Crippen molar-refractivity contribution in [2.75, 3.05) is 13.1 Å².